The van der Waals surface area contributed by atoms with Crippen molar-refractivity contribution in [3.8, 4) is 0 Å². The molecule has 2 unspecified atom stereocenters. The van der Waals surface area contributed by atoms with Crippen LogP contribution in [0.2, 0.25) is 0 Å². The average molecular weight is 301 g/mol. The van der Waals surface area contributed by atoms with E-state index >= 15 is 0 Å². The lowest BCUT2D eigenvalue weighted by molar-refractivity contribution is 0.0742. The summed E-state index contributed by atoms with van der Waals surface area (Å²) in [5.74, 6) is 0.779. The Labute approximate surface area is 126 Å². The van der Waals surface area contributed by atoms with Crippen molar-refractivity contribution in [1.29, 1.82) is 0 Å². The van der Waals surface area contributed by atoms with Crippen molar-refractivity contribution >= 4 is 18.3 Å². The number of carbonyl (C=O) groups excluding carboxylic acids is 1. The van der Waals surface area contributed by atoms with E-state index in [4.69, 9.17) is 5.73 Å². The number of aromatic nitrogens is 2. The Bertz CT molecular complexity index is 472. The Morgan fingerprint density at radius 1 is 1.55 bits per heavy atom. The highest BCUT2D eigenvalue weighted by atomic mass is 35.5. The van der Waals surface area contributed by atoms with Gasteiger partial charge < -0.3 is 10.6 Å². The number of carbonyl (C=O) groups is 1. The zero-order valence-corrected chi connectivity index (χ0v) is 13.5. The maximum atomic E-state index is 12.7. The molecule has 2 heterocycles. The Morgan fingerprint density at radius 2 is 2.20 bits per heavy atom. The van der Waals surface area contributed by atoms with E-state index in [1.165, 1.54) is 0 Å². The third kappa shape index (κ3) is 3.15. The fourth-order valence-corrected chi connectivity index (χ4v) is 2.85. The molecule has 0 aromatic carbocycles. The monoisotopic (exact) mass is 300 g/mol. The van der Waals surface area contributed by atoms with Gasteiger partial charge in [-0.1, -0.05) is 13.8 Å². The molecule has 1 amide bonds. The molecule has 0 bridgehead atoms. The van der Waals surface area contributed by atoms with Crippen LogP contribution in [-0.2, 0) is 7.05 Å². The van der Waals surface area contributed by atoms with E-state index in [2.05, 4.69) is 25.9 Å². The lowest BCUT2D eigenvalue weighted by Crippen LogP contribution is -2.34. The highest BCUT2D eigenvalue weighted by Crippen LogP contribution is 2.26. The van der Waals surface area contributed by atoms with Gasteiger partial charge in [-0.2, -0.15) is 5.10 Å². The summed E-state index contributed by atoms with van der Waals surface area (Å²) in [6, 6.07) is 0.265. The van der Waals surface area contributed by atoms with Crippen molar-refractivity contribution in [2.24, 2.45) is 18.7 Å². The first kappa shape index (κ1) is 17.0. The largest absolute Gasteiger partial charge is 0.335 e. The van der Waals surface area contributed by atoms with Gasteiger partial charge in [0.2, 0.25) is 0 Å². The number of halogens is 1. The molecule has 114 valence electrons. The van der Waals surface area contributed by atoms with Gasteiger partial charge in [0.1, 0.15) is 0 Å². The molecule has 1 aromatic heterocycles. The van der Waals surface area contributed by atoms with Crippen LogP contribution in [0.25, 0.3) is 0 Å². The molecule has 0 spiro atoms. The molecule has 2 N–H and O–H groups in total. The molecule has 0 saturated carbocycles. The van der Waals surface area contributed by atoms with E-state index in [1.807, 2.05) is 18.1 Å². The van der Waals surface area contributed by atoms with Crippen LogP contribution in [0.15, 0.2) is 6.20 Å². The number of nitrogens with zero attached hydrogens (tertiary/aromatic N) is 3. The number of likely N-dealkylation sites (tertiary alicyclic amines) is 1. The summed E-state index contributed by atoms with van der Waals surface area (Å²) in [4.78, 5) is 14.6. The van der Waals surface area contributed by atoms with Gasteiger partial charge in [0.25, 0.3) is 5.91 Å². The summed E-state index contributed by atoms with van der Waals surface area (Å²) < 4.78 is 1.73. The summed E-state index contributed by atoms with van der Waals surface area (Å²) in [7, 11) is 1.86. The second-order valence-corrected chi connectivity index (χ2v) is 5.90. The minimum absolute atomic E-state index is 0. The lowest BCUT2D eigenvalue weighted by atomic mass is 10.1. The van der Waals surface area contributed by atoms with Gasteiger partial charge >= 0.3 is 0 Å². The quantitative estimate of drug-likeness (QED) is 0.925. The van der Waals surface area contributed by atoms with Gasteiger partial charge in [-0.25, -0.2) is 0 Å². The molecule has 0 aliphatic carbocycles. The molecule has 2 rings (SSSR count). The fourth-order valence-electron chi connectivity index (χ4n) is 2.85. The van der Waals surface area contributed by atoms with Crippen molar-refractivity contribution in [2.75, 3.05) is 13.1 Å². The standard InChI is InChI=1S/C14H24N4O.ClH/c1-9(2)13-12(8-17(4)16-13)14(19)18-7-11(6-15)5-10(18)3;/h8-11H,5-7,15H2,1-4H3;1H. The van der Waals surface area contributed by atoms with Crippen LogP contribution >= 0.6 is 12.4 Å². The van der Waals surface area contributed by atoms with Crippen LogP contribution in [0.3, 0.4) is 0 Å². The second kappa shape index (κ2) is 6.59. The number of hydrogen-bond donors (Lipinski definition) is 1. The summed E-state index contributed by atoms with van der Waals surface area (Å²) in [5, 5.41) is 4.41. The molecule has 1 saturated heterocycles. The number of hydrogen-bond acceptors (Lipinski definition) is 3. The van der Waals surface area contributed by atoms with Gasteiger partial charge in [-0.05, 0) is 31.7 Å². The minimum Gasteiger partial charge on any atom is -0.335 e. The van der Waals surface area contributed by atoms with E-state index in [1.54, 1.807) is 4.68 Å². The SMILES string of the molecule is CC(C)c1nn(C)cc1C(=O)N1CC(CN)CC1C.Cl. The topological polar surface area (TPSA) is 64.2 Å². The number of amides is 1. The smallest absolute Gasteiger partial charge is 0.257 e. The van der Waals surface area contributed by atoms with Gasteiger partial charge in [0.05, 0.1) is 11.3 Å². The van der Waals surface area contributed by atoms with Gasteiger partial charge in [0.15, 0.2) is 0 Å². The van der Waals surface area contributed by atoms with E-state index < -0.39 is 0 Å². The van der Waals surface area contributed by atoms with Crippen molar-refractivity contribution in [3.05, 3.63) is 17.5 Å². The normalized spacial score (nSPS) is 22.2. The van der Waals surface area contributed by atoms with Gasteiger partial charge in [0, 0.05) is 25.8 Å². The first-order chi connectivity index (χ1) is 8.93. The number of nitrogens with two attached hydrogens (primary N) is 1. The Morgan fingerprint density at radius 3 is 2.70 bits per heavy atom. The van der Waals surface area contributed by atoms with Gasteiger partial charge in [-0.3, -0.25) is 9.48 Å². The van der Waals surface area contributed by atoms with E-state index in [0.717, 1.165) is 24.2 Å². The molecular weight excluding hydrogens is 276 g/mol. The van der Waals surface area contributed by atoms with E-state index in [-0.39, 0.29) is 30.3 Å². The zero-order chi connectivity index (χ0) is 14.2. The highest BCUT2D eigenvalue weighted by Gasteiger charge is 2.33. The van der Waals surface area contributed by atoms with Crippen LogP contribution in [0.4, 0.5) is 0 Å². The number of aryl methyl sites for hydroxylation is 1. The van der Waals surface area contributed by atoms with Crippen molar-refractivity contribution in [3.63, 3.8) is 0 Å². The van der Waals surface area contributed by atoms with E-state index in [0.29, 0.717) is 12.5 Å². The summed E-state index contributed by atoms with van der Waals surface area (Å²) >= 11 is 0. The van der Waals surface area contributed by atoms with Crippen LogP contribution in [0, 0.1) is 5.92 Å². The summed E-state index contributed by atoms with van der Waals surface area (Å²) in [5.41, 5.74) is 7.35. The van der Waals surface area contributed by atoms with Crippen molar-refractivity contribution in [2.45, 2.75) is 39.2 Å². The Balaban J connectivity index is 0.00000200. The van der Waals surface area contributed by atoms with E-state index in [9.17, 15) is 4.79 Å². The lowest BCUT2D eigenvalue weighted by Gasteiger charge is -2.21. The third-order valence-electron chi connectivity index (χ3n) is 3.89. The molecule has 5 nitrogen and oxygen atoms in total. The first-order valence-corrected chi connectivity index (χ1v) is 6.98. The molecule has 1 fully saturated rings. The molecule has 20 heavy (non-hydrogen) atoms. The second-order valence-electron chi connectivity index (χ2n) is 5.90. The minimum atomic E-state index is 0. The van der Waals surface area contributed by atoms with Crippen LogP contribution in [-0.4, -0.2) is 39.7 Å². The maximum absolute atomic E-state index is 12.7. The van der Waals surface area contributed by atoms with Crippen molar-refractivity contribution in [1.82, 2.24) is 14.7 Å². The molecule has 1 aliphatic heterocycles. The molecule has 6 heteroatoms. The molecule has 1 aromatic rings. The predicted molar refractivity (Wildman–Crippen MR) is 82.2 cm³/mol. The van der Waals surface area contributed by atoms with Crippen LogP contribution in [0.1, 0.15) is 49.2 Å². The van der Waals surface area contributed by atoms with Crippen molar-refractivity contribution < 1.29 is 4.79 Å². The number of rotatable bonds is 3. The Hall–Kier alpha value is -1.07. The first-order valence-electron chi connectivity index (χ1n) is 6.98. The maximum Gasteiger partial charge on any atom is 0.257 e. The molecule has 2 atom stereocenters. The molecule has 0 radical (unpaired) electrons. The van der Waals surface area contributed by atoms with Gasteiger partial charge in [-0.15, -0.1) is 12.4 Å². The fraction of sp³-hybridized carbons (Fsp3) is 0.714. The molecule has 1 aliphatic rings. The predicted octanol–water partition coefficient (Wildman–Crippen LogP) is 1.77. The van der Waals surface area contributed by atoms with Crippen LogP contribution in [0.5, 0.6) is 0 Å². The Kier molecular flexibility index (Phi) is 5.59. The van der Waals surface area contributed by atoms with Crippen LogP contribution < -0.4 is 5.73 Å². The molecular formula is C14H25ClN4O. The third-order valence-corrected chi connectivity index (χ3v) is 3.89. The zero-order valence-electron chi connectivity index (χ0n) is 12.7. The highest BCUT2D eigenvalue weighted by molar-refractivity contribution is 5.95. The summed E-state index contributed by atoms with van der Waals surface area (Å²) in [6.45, 7) is 7.64. The summed E-state index contributed by atoms with van der Waals surface area (Å²) in [6.07, 6.45) is 2.83. The average Bonchev–Trinajstić information content (AvgIpc) is 2.91.